The summed E-state index contributed by atoms with van der Waals surface area (Å²) in [6.07, 6.45) is 2.08. The van der Waals surface area contributed by atoms with E-state index in [9.17, 15) is 4.39 Å². The van der Waals surface area contributed by atoms with Crippen LogP contribution in [0.5, 0.6) is 5.75 Å². The molecule has 0 spiro atoms. The quantitative estimate of drug-likeness (QED) is 0.614. The van der Waals surface area contributed by atoms with Crippen LogP contribution in [-0.4, -0.2) is 6.61 Å². The van der Waals surface area contributed by atoms with E-state index in [-0.39, 0.29) is 10.6 Å². The first kappa shape index (κ1) is 14.1. The molecular weight excluding hydrogens is 387 g/mol. The largest absolute Gasteiger partial charge is 0.493 e. The van der Waals surface area contributed by atoms with Gasteiger partial charge in [-0.25, -0.2) is 4.39 Å². The number of aryl methyl sites for hydroxylation is 1. The number of fused-ring (bicyclic) bond motifs is 1. The average molecular weight is 400 g/mol. The van der Waals surface area contributed by atoms with Gasteiger partial charge in [0.1, 0.15) is 11.6 Å². The first-order valence-corrected chi connectivity index (χ1v) is 8.21. The zero-order valence-corrected chi connectivity index (χ0v) is 13.9. The third-order valence-electron chi connectivity index (χ3n) is 3.48. The zero-order chi connectivity index (χ0) is 14.1. The average Bonchev–Trinajstić information content (AvgIpc) is 2.49. The fourth-order valence-electron chi connectivity index (χ4n) is 2.43. The number of rotatable bonds is 2. The molecule has 2 aromatic carbocycles. The molecule has 1 aliphatic heterocycles. The first-order valence-electron chi connectivity index (χ1n) is 6.50. The number of ether oxygens (including phenoxy) is 1. The molecule has 0 aromatic heterocycles. The van der Waals surface area contributed by atoms with Crippen LogP contribution < -0.4 is 4.74 Å². The topological polar surface area (TPSA) is 9.23 Å². The van der Waals surface area contributed by atoms with Gasteiger partial charge in [0.15, 0.2) is 0 Å². The number of benzene rings is 2. The van der Waals surface area contributed by atoms with Crippen molar-refractivity contribution in [2.45, 2.75) is 17.7 Å². The molecule has 0 N–H and O–H groups in total. The van der Waals surface area contributed by atoms with Gasteiger partial charge in [-0.05, 0) is 57.6 Å². The van der Waals surface area contributed by atoms with Crippen molar-refractivity contribution in [3.63, 3.8) is 0 Å². The van der Waals surface area contributed by atoms with Gasteiger partial charge in [0, 0.05) is 0 Å². The number of hydrogen-bond donors (Lipinski definition) is 0. The van der Waals surface area contributed by atoms with Gasteiger partial charge in [0.25, 0.3) is 0 Å². The van der Waals surface area contributed by atoms with Crippen molar-refractivity contribution in [1.82, 2.24) is 0 Å². The van der Waals surface area contributed by atoms with Crippen LogP contribution in [0.15, 0.2) is 40.9 Å². The lowest BCUT2D eigenvalue weighted by molar-refractivity contribution is 0.288. The Morgan fingerprint density at radius 2 is 2.05 bits per heavy atom. The molecule has 0 amide bonds. The highest BCUT2D eigenvalue weighted by Gasteiger charge is 2.18. The molecule has 20 heavy (non-hydrogen) atoms. The number of halogens is 3. The van der Waals surface area contributed by atoms with E-state index < -0.39 is 0 Å². The first-order chi connectivity index (χ1) is 9.66. The predicted molar refractivity (Wildman–Crippen MR) is 85.1 cm³/mol. The Labute approximate surface area is 134 Å². The highest BCUT2D eigenvalue weighted by molar-refractivity contribution is 9.11. The summed E-state index contributed by atoms with van der Waals surface area (Å²) in [7, 11) is 0. The molecule has 0 saturated carbocycles. The van der Waals surface area contributed by atoms with E-state index in [2.05, 4.69) is 37.9 Å². The lowest BCUT2D eigenvalue weighted by atomic mass is 9.99. The Morgan fingerprint density at radius 1 is 1.20 bits per heavy atom. The van der Waals surface area contributed by atoms with Gasteiger partial charge >= 0.3 is 0 Å². The van der Waals surface area contributed by atoms with Crippen molar-refractivity contribution in [2.24, 2.45) is 0 Å². The van der Waals surface area contributed by atoms with E-state index in [1.807, 2.05) is 18.2 Å². The Morgan fingerprint density at radius 3 is 2.90 bits per heavy atom. The van der Waals surface area contributed by atoms with Gasteiger partial charge in [-0.1, -0.05) is 40.2 Å². The van der Waals surface area contributed by atoms with Gasteiger partial charge in [0.2, 0.25) is 0 Å². The summed E-state index contributed by atoms with van der Waals surface area (Å²) in [6, 6.07) is 11.3. The van der Waals surface area contributed by atoms with Crippen LogP contribution in [0.3, 0.4) is 0 Å². The second kappa shape index (κ2) is 5.86. The summed E-state index contributed by atoms with van der Waals surface area (Å²) in [5.41, 5.74) is 3.23. The van der Waals surface area contributed by atoms with Crippen molar-refractivity contribution in [2.75, 3.05) is 6.61 Å². The molecule has 1 aliphatic rings. The monoisotopic (exact) mass is 398 g/mol. The standard InChI is InChI=1S/C16H13Br2FO/c17-15(12-4-1-5-13(19)16(12)18)11-6-7-14-10(9-11)3-2-8-20-14/h1,4-7,9,15H,2-3,8H2. The van der Waals surface area contributed by atoms with Crippen LogP contribution in [-0.2, 0) is 6.42 Å². The van der Waals surface area contributed by atoms with Crippen LogP contribution in [0.25, 0.3) is 0 Å². The van der Waals surface area contributed by atoms with Gasteiger partial charge in [-0.3, -0.25) is 0 Å². The second-order valence-electron chi connectivity index (χ2n) is 4.82. The molecule has 0 radical (unpaired) electrons. The summed E-state index contributed by atoms with van der Waals surface area (Å²) in [5, 5.41) is 0. The summed E-state index contributed by atoms with van der Waals surface area (Å²) < 4.78 is 19.8. The number of hydrogen-bond acceptors (Lipinski definition) is 1. The van der Waals surface area contributed by atoms with Gasteiger partial charge in [0.05, 0.1) is 15.9 Å². The molecule has 2 aromatic rings. The normalized spacial score (nSPS) is 15.3. The molecule has 104 valence electrons. The molecular formula is C16H13Br2FO. The van der Waals surface area contributed by atoms with E-state index in [1.165, 1.54) is 11.6 Å². The lowest BCUT2D eigenvalue weighted by Gasteiger charge is -2.20. The van der Waals surface area contributed by atoms with Crippen molar-refractivity contribution < 1.29 is 9.13 Å². The van der Waals surface area contributed by atoms with Crippen LogP contribution in [0.1, 0.15) is 27.9 Å². The third kappa shape index (κ3) is 2.63. The molecule has 0 saturated heterocycles. The van der Waals surface area contributed by atoms with Crippen LogP contribution >= 0.6 is 31.9 Å². The van der Waals surface area contributed by atoms with Crippen LogP contribution in [0, 0.1) is 5.82 Å². The van der Waals surface area contributed by atoms with E-state index in [1.54, 1.807) is 6.07 Å². The minimum absolute atomic E-state index is 0.0419. The highest BCUT2D eigenvalue weighted by Crippen LogP contribution is 2.38. The summed E-state index contributed by atoms with van der Waals surface area (Å²) in [5.74, 6) is 0.728. The molecule has 1 heterocycles. The second-order valence-corrected chi connectivity index (χ2v) is 6.53. The molecule has 4 heteroatoms. The van der Waals surface area contributed by atoms with Crippen molar-refractivity contribution in [3.8, 4) is 5.75 Å². The van der Waals surface area contributed by atoms with Crippen molar-refractivity contribution >= 4 is 31.9 Å². The lowest BCUT2D eigenvalue weighted by Crippen LogP contribution is -2.09. The van der Waals surface area contributed by atoms with Gasteiger partial charge in [-0.2, -0.15) is 0 Å². The Hall–Kier alpha value is -0.870. The van der Waals surface area contributed by atoms with E-state index >= 15 is 0 Å². The fraction of sp³-hybridized carbons (Fsp3) is 0.250. The van der Waals surface area contributed by atoms with Crippen LogP contribution in [0.2, 0.25) is 0 Å². The third-order valence-corrected chi connectivity index (χ3v) is 5.34. The maximum absolute atomic E-state index is 13.6. The molecule has 0 aliphatic carbocycles. The van der Waals surface area contributed by atoms with E-state index in [4.69, 9.17) is 4.74 Å². The molecule has 0 fully saturated rings. The SMILES string of the molecule is Fc1cccc(C(Br)c2ccc3c(c2)CCCO3)c1Br. The molecule has 3 rings (SSSR count). The van der Waals surface area contributed by atoms with Crippen molar-refractivity contribution in [3.05, 3.63) is 63.4 Å². The van der Waals surface area contributed by atoms with E-state index in [0.717, 1.165) is 36.3 Å². The highest BCUT2D eigenvalue weighted by atomic mass is 79.9. The van der Waals surface area contributed by atoms with Crippen LogP contribution in [0.4, 0.5) is 4.39 Å². The van der Waals surface area contributed by atoms with Crippen molar-refractivity contribution in [1.29, 1.82) is 0 Å². The fourth-order valence-corrected chi connectivity index (χ4v) is 3.90. The maximum Gasteiger partial charge on any atom is 0.137 e. The minimum atomic E-state index is -0.242. The Kier molecular flexibility index (Phi) is 4.13. The summed E-state index contributed by atoms with van der Waals surface area (Å²) in [6.45, 7) is 0.791. The summed E-state index contributed by atoms with van der Waals surface area (Å²) >= 11 is 6.99. The minimum Gasteiger partial charge on any atom is -0.493 e. The number of alkyl halides is 1. The molecule has 1 nitrogen and oxygen atoms in total. The Balaban J connectivity index is 1.98. The smallest absolute Gasteiger partial charge is 0.137 e. The zero-order valence-electron chi connectivity index (χ0n) is 10.7. The Bertz CT molecular complexity index is 642. The molecule has 1 atom stereocenters. The molecule has 1 unspecified atom stereocenters. The predicted octanol–water partition coefficient (Wildman–Crippen LogP) is 5.40. The van der Waals surface area contributed by atoms with E-state index in [0.29, 0.717) is 4.47 Å². The van der Waals surface area contributed by atoms with Gasteiger partial charge in [-0.15, -0.1) is 0 Å². The molecule has 0 bridgehead atoms. The maximum atomic E-state index is 13.6. The van der Waals surface area contributed by atoms with Gasteiger partial charge < -0.3 is 4.74 Å². The summed E-state index contributed by atoms with van der Waals surface area (Å²) in [4.78, 5) is -0.0419.